The number of pyridine rings is 1. The molecule has 0 N–H and O–H groups in total. The molecule has 0 aliphatic carbocycles. The molecule has 0 saturated carbocycles. The first-order chi connectivity index (χ1) is 6.72. The molecule has 0 radical (unpaired) electrons. The van der Waals surface area contributed by atoms with Crippen molar-refractivity contribution in [2.45, 2.75) is 0 Å². The van der Waals surface area contributed by atoms with Crippen LogP contribution in [0.4, 0.5) is 4.39 Å². The highest BCUT2D eigenvalue weighted by Crippen LogP contribution is 2.17. The van der Waals surface area contributed by atoms with E-state index in [2.05, 4.69) is 4.98 Å². The quantitative estimate of drug-likeness (QED) is 0.559. The van der Waals surface area contributed by atoms with E-state index in [0.29, 0.717) is 16.5 Å². The highest BCUT2D eigenvalue weighted by Gasteiger charge is 2.06. The first kappa shape index (κ1) is 8.70. The van der Waals surface area contributed by atoms with Gasteiger partial charge < -0.3 is 0 Å². The van der Waals surface area contributed by atoms with Crippen molar-refractivity contribution in [2.75, 3.05) is 0 Å². The van der Waals surface area contributed by atoms with E-state index >= 15 is 0 Å². The van der Waals surface area contributed by atoms with E-state index in [0.717, 1.165) is 5.59 Å². The molecule has 14 heavy (non-hydrogen) atoms. The molecule has 0 amide bonds. The number of nitriles is 1. The summed E-state index contributed by atoms with van der Waals surface area (Å²) in [4.78, 5) is 4.14. The topological polar surface area (TPSA) is 36.7 Å². The van der Waals surface area contributed by atoms with Gasteiger partial charge in [0.2, 0.25) is 0 Å². The lowest BCUT2D eigenvalue weighted by Crippen LogP contribution is -2.07. The Balaban J connectivity index is 2.94. The Labute approximate surface area is 81.4 Å². The van der Waals surface area contributed by atoms with Crippen molar-refractivity contribution in [1.29, 1.82) is 5.26 Å². The summed E-state index contributed by atoms with van der Waals surface area (Å²) in [6, 6.07) is 8.11. The molecule has 2 aromatic rings. The summed E-state index contributed by atoms with van der Waals surface area (Å²) in [6.45, 7) is 0. The lowest BCUT2D eigenvalue weighted by molar-refractivity contribution is 0.639. The second kappa shape index (κ2) is 3.11. The molecule has 0 unspecified atom stereocenters. The van der Waals surface area contributed by atoms with Gasteiger partial charge in [0.15, 0.2) is 7.85 Å². The number of aromatic nitrogens is 1. The summed E-state index contributed by atoms with van der Waals surface area (Å²) in [5.41, 5.74) is 1.62. The summed E-state index contributed by atoms with van der Waals surface area (Å²) in [7, 11) is 1.81. The van der Waals surface area contributed by atoms with Crippen molar-refractivity contribution in [2.24, 2.45) is 0 Å². The zero-order chi connectivity index (χ0) is 10.1. The van der Waals surface area contributed by atoms with Crippen LogP contribution < -0.4 is 5.59 Å². The van der Waals surface area contributed by atoms with E-state index in [1.165, 1.54) is 12.1 Å². The molecular weight excluding hydrogens is 178 g/mol. The van der Waals surface area contributed by atoms with E-state index in [1.54, 1.807) is 12.1 Å². The van der Waals surface area contributed by atoms with Gasteiger partial charge in [-0.15, -0.1) is 0 Å². The third-order valence-corrected chi connectivity index (χ3v) is 2.06. The Hall–Kier alpha value is -1.89. The molecule has 2 rings (SSSR count). The van der Waals surface area contributed by atoms with Crippen LogP contribution in [0.5, 0.6) is 0 Å². The Morgan fingerprint density at radius 3 is 2.79 bits per heavy atom. The minimum atomic E-state index is -0.341. The van der Waals surface area contributed by atoms with Crippen LogP contribution in [0.15, 0.2) is 24.3 Å². The minimum absolute atomic E-state index is 0.341. The number of rotatable bonds is 0. The SMILES string of the molecule is Bc1ccc2c(F)ccc(C#N)c2n1. The lowest BCUT2D eigenvalue weighted by atomic mass is 10.0. The maximum absolute atomic E-state index is 13.3. The number of nitrogens with zero attached hydrogens (tertiary/aromatic N) is 2. The van der Waals surface area contributed by atoms with Crippen LogP contribution in [0.1, 0.15) is 5.56 Å². The Bertz CT molecular complexity index is 546. The predicted octanol–water partition coefficient (Wildman–Crippen LogP) is 0.504. The Morgan fingerprint density at radius 2 is 2.07 bits per heavy atom. The molecule has 1 heterocycles. The van der Waals surface area contributed by atoms with Crippen LogP contribution in [-0.4, -0.2) is 12.8 Å². The monoisotopic (exact) mass is 184 g/mol. The molecule has 0 saturated heterocycles. The zero-order valence-corrected chi connectivity index (χ0v) is 7.58. The van der Waals surface area contributed by atoms with Gasteiger partial charge in [0.1, 0.15) is 11.9 Å². The molecule has 4 heteroatoms. The summed E-state index contributed by atoms with van der Waals surface area (Å²) in [5, 5.41) is 9.20. The zero-order valence-electron chi connectivity index (χ0n) is 7.58. The fourth-order valence-electron chi connectivity index (χ4n) is 1.37. The molecule has 0 spiro atoms. The van der Waals surface area contributed by atoms with Crippen LogP contribution >= 0.6 is 0 Å². The van der Waals surface area contributed by atoms with Crippen molar-refractivity contribution in [3.05, 3.63) is 35.6 Å². The standard InChI is InChI=1S/C10H6BFN2/c11-9-4-2-7-8(12)3-1-6(5-13)10(7)14-9/h1-4H,11H2. The molecule has 0 bridgehead atoms. The van der Waals surface area contributed by atoms with Gasteiger partial charge in [-0.3, -0.25) is 4.98 Å². The van der Waals surface area contributed by atoms with Crippen LogP contribution in [0, 0.1) is 17.1 Å². The predicted molar refractivity (Wildman–Crippen MR) is 54.6 cm³/mol. The fraction of sp³-hybridized carbons (Fsp3) is 0. The third kappa shape index (κ3) is 1.23. The van der Waals surface area contributed by atoms with Gasteiger partial charge in [0.05, 0.1) is 11.1 Å². The van der Waals surface area contributed by atoms with Crippen molar-refractivity contribution >= 4 is 24.3 Å². The molecule has 0 fully saturated rings. The van der Waals surface area contributed by atoms with Gasteiger partial charge in [-0.2, -0.15) is 5.26 Å². The normalized spacial score (nSPS) is 10.0. The number of hydrogen-bond donors (Lipinski definition) is 0. The number of halogens is 1. The van der Waals surface area contributed by atoms with Gasteiger partial charge in [-0.1, -0.05) is 6.07 Å². The molecule has 1 aromatic heterocycles. The lowest BCUT2D eigenvalue weighted by Gasteiger charge is -2.01. The highest BCUT2D eigenvalue weighted by atomic mass is 19.1. The van der Waals surface area contributed by atoms with Crippen LogP contribution in [0.25, 0.3) is 10.9 Å². The molecule has 0 atom stereocenters. The van der Waals surface area contributed by atoms with Crippen LogP contribution in [0.2, 0.25) is 0 Å². The van der Waals surface area contributed by atoms with E-state index < -0.39 is 0 Å². The first-order valence-electron chi connectivity index (χ1n) is 4.18. The maximum atomic E-state index is 13.3. The summed E-state index contributed by atoms with van der Waals surface area (Å²) in [6.07, 6.45) is 0. The van der Waals surface area contributed by atoms with Crippen molar-refractivity contribution in [1.82, 2.24) is 4.98 Å². The molecule has 2 nitrogen and oxygen atoms in total. The van der Waals surface area contributed by atoms with Crippen molar-refractivity contribution in [3.63, 3.8) is 0 Å². The fourth-order valence-corrected chi connectivity index (χ4v) is 1.37. The van der Waals surface area contributed by atoms with Gasteiger partial charge >= 0.3 is 0 Å². The van der Waals surface area contributed by atoms with Crippen LogP contribution in [-0.2, 0) is 0 Å². The second-order valence-electron chi connectivity index (χ2n) is 3.06. The van der Waals surface area contributed by atoms with Gasteiger partial charge in [-0.25, -0.2) is 4.39 Å². The number of fused-ring (bicyclic) bond motifs is 1. The van der Waals surface area contributed by atoms with Gasteiger partial charge in [-0.05, 0) is 23.8 Å². The van der Waals surface area contributed by atoms with Crippen molar-refractivity contribution in [3.8, 4) is 6.07 Å². The Kier molecular flexibility index (Phi) is 1.93. The smallest absolute Gasteiger partial charge is 0.163 e. The highest BCUT2D eigenvalue weighted by molar-refractivity contribution is 6.31. The van der Waals surface area contributed by atoms with Gasteiger partial charge in [0, 0.05) is 5.39 Å². The average molecular weight is 184 g/mol. The summed E-state index contributed by atoms with van der Waals surface area (Å²) >= 11 is 0. The summed E-state index contributed by atoms with van der Waals surface area (Å²) < 4.78 is 13.3. The average Bonchev–Trinajstić information content (AvgIpc) is 2.18. The largest absolute Gasteiger partial charge is 0.262 e. The summed E-state index contributed by atoms with van der Waals surface area (Å²) in [5.74, 6) is -0.341. The van der Waals surface area contributed by atoms with Crippen molar-refractivity contribution < 1.29 is 4.39 Å². The molecule has 0 aliphatic rings. The number of hydrogen-bond acceptors (Lipinski definition) is 2. The van der Waals surface area contributed by atoms with E-state index in [4.69, 9.17) is 5.26 Å². The molecule has 66 valence electrons. The number of benzene rings is 1. The second-order valence-corrected chi connectivity index (χ2v) is 3.06. The minimum Gasteiger partial charge on any atom is -0.262 e. The van der Waals surface area contributed by atoms with Crippen LogP contribution in [0.3, 0.4) is 0 Å². The molecular formula is C10H6BFN2. The molecule has 1 aromatic carbocycles. The Morgan fingerprint density at radius 1 is 1.29 bits per heavy atom. The van der Waals surface area contributed by atoms with E-state index in [-0.39, 0.29) is 5.82 Å². The molecule has 0 aliphatic heterocycles. The van der Waals surface area contributed by atoms with E-state index in [9.17, 15) is 4.39 Å². The van der Waals surface area contributed by atoms with E-state index in [1.807, 2.05) is 13.9 Å². The van der Waals surface area contributed by atoms with Gasteiger partial charge in [0.25, 0.3) is 0 Å². The maximum Gasteiger partial charge on any atom is 0.163 e. The third-order valence-electron chi connectivity index (χ3n) is 2.06. The first-order valence-corrected chi connectivity index (χ1v) is 4.18.